The number of carbonyl (C=O) groups excluding carboxylic acids is 1. The molecule has 6 heteroatoms. The van der Waals surface area contributed by atoms with Gasteiger partial charge in [0.25, 0.3) is 0 Å². The van der Waals surface area contributed by atoms with Crippen LogP contribution >= 0.6 is 0 Å². The van der Waals surface area contributed by atoms with Gasteiger partial charge in [-0.2, -0.15) is 0 Å². The zero-order valence-corrected chi connectivity index (χ0v) is 13.7. The SMILES string of the molecule is COC(=O)c1ccc(CN2CCC(Cn3ccnc3C)CC2)o1. The molecule has 0 amide bonds. The molecule has 0 aromatic carbocycles. The molecule has 1 fully saturated rings. The number of carbonyl (C=O) groups is 1. The van der Waals surface area contributed by atoms with E-state index in [1.54, 1.807) is 6.07 Å². The molecule has 0 saturated carbocycles. The quantitative estimate of drug-likeness (QED) is 0.793. The third kappa shape index (κ3) is 3.82. The second-order valence-electron chi connectivity index (χ2n) is 6.10. The summed E-state index contributed by atoms with van der Waals surface area (Å²) in [6.07, 6.45) is 6.25. The van der Waals surface area contributed by atoms with Crippen molar-refractivity contribution in [2.75, 3.05) is 20.2 Å². The van der Waals surface area contributed by atoms with Crippen molar-refractivity contribution in [3.05, 3.63) is 41.9 Å². The summed E-state index contributed by atoms with van der Waals surface area (Å²) < 4.78 is 12.4. The fourth-order valence-corrected chi connectivity index (χ4v) is 3.10. The minimum atomic E-state index is -0.425. The summed E-state index contributed by atoms with van der Waals surface area (Å²) in [7, 11) is 1.36. The molecule has 1 aliphatic heterocycles. The topological polar surface area (TPSA) is 60.5 Å². The number of ether oxygens (including phenoxy) is 1. The highest BCUT2D eigenvalue weighted by molar-refractivity contribution is 5.86. The summed E-state index contributed by atoms with van der Waals surface area (Å²) in [6.45, 7) is 5.94. The van der Waals surface area contributed by atoms with Crippen LogP contribution in [0, 0.1) is 12.8 Å². The summed E-state index contributed by atoms with van der Waals surface area (Å²) in [6, 6.07) is 3.53. The van der Waals surface area contributed by atoms with Crippen molar-refractivity contribution in [2.45, 2.75) is 32.9 Å². The molecule has 0 N–H and O–H groups in total. The number of nitrogens with zero attached hydrogens (tertiary/aromatic N) is 3. The van der Waals surface area contributed by atoms with Crippen LogP contribution in [0.3, 0.4) is 0 Å². The van der Waals surface area contributed by atoms with E-state index in [1.807, 2.05) is 19.2 Å². The number of aryl methyl sites for hydroxylation is 1. The lowest BCUT2D eigenvalue weighted by Crippen LogP contribution is -2.34. The van der Waals surface area contributed by atoms with Gasteiger partial charge in [0, 0.05) is 18.9 Å². The largest absolute Gasteiger partial charge is 0.463 e. The molecule has 0 aliphatic carbocycles. The first kappa shape index (κ1) is 15.8. The predicted molar refractivity (Wildman–Crippen MR) is 85.0 cm³/mol. The van der Waals surface area contributed by atoms with E-state index in [4.69, 9.17) is 4.42 Å². The zero-order valence-electron chi connectivity index (χ0n) is 13.7. The maximum absolute atomic E-state index is 11.4. The summed E-state index contributed by atoms with van der Waals surface area (Å²) >= 11 is 0. The van der Waals surface area contributed by atoms with Gasteiger partial charge in [-0.05, 0) is 50.9 Å². The molecule has 0 spiro atoms. The van der Waals surface area contributed by atoms with Crippen LogP contribution in [0.1, 0.15) is 35.0 Å². The first-order chi connectivity index (χ1) is 11.2. The van der Waals surface area contributed by atoms with Gasteiger partial charge >= 0.3 is 5.97 Å². The molecule has 124 valence electrons. The molecule has 1 saturated heterocycles. The van der Waals surface area contributed by atoms with E-state index < -0.39 is 5.97 Å². The van der Waals surface area contributed by atoms with Crippen LogP contribution in [0.4, 0.5) is 0 Å². The second-order valence-corrected chi connectivity index (χ2v) is 6.10. The number of aromatic nitrogens is 2. The smallest absolute Gasteiger partial charge is 0.373 e. The molecule has 1 aliphatic rings. The fourth-order valence-electron chi connectivity index (χ4n) is 3.10. The Morgan fingerprint density at radius 2 is 2.17 bits per heavy atom. The number of hydrogen-bond acceptors (Lipinski definition) is 5. The number of piperidine rings is 1. The van der Waals surface area contributed by atoms with Crippen LogP contribution in [0.25, 0.3) is 0 Å². The standard InChI is InChI=1S/C17H23N3O3/c1-13-18-7-10-20(13)11-14-5-8-19(9-6-14)12-15-3-4-16(23-15)17(21)22-2/h3-4,7,10,14H,5-6,8-9,11-12H2,1-2H3. The summed E-state index contributed by atoms with van der Waals surface area (Å²) in [4.78, 5) is 18.1. The van der Waals surface area contributed by atoms with Gasteiger partial charge in [-0.1, -0.05) is 0 Å². The van der Waals surface area contributed by atoms with E-state index in [9.17, 15) is 4.79 Å². The molecule has 6 nitrogen and oxygen atoms in total. The van der Waals surface area contributed by atoms with Crippen LogP contribution in [0.2, 0.25) is 0 Å². The number of furan rings is 1. The summed E-state index contributed by atoms with van der Waals surface area (Å²) in [5, 5.41) is 0. The molecular formula is C17H23N3O3. The molecule has 2 aromatic heterocycles. The molecule has 0 radical (unpaired) electrons. The van der Waals surface area contributed by atoms with Crippen molar-refractivity contribution >= 4 is 5.97 Å². The zero-order chi connectivity index (χ0) is 16.2. The van der Waals surface area contributed by atoms with Crippen molar-refractivity contribution in [2.24, 2.45) is 5.92 Å². The Morgan fingerprint density at radius 3 is 2.83 bits per heavy atom. The van der Waals surface area contributed by atoms with E-state index >= 15 is 0 Å². The molecule has 0 bridgehead atoms. The number of hydrogen-bond donors (Lipinski definition) is 0. The van der Waals surface area contributed by atoms with Gasteiger partial charge in [0.05, 0.1) is 13.7 Å². The van der Waals surface area contributed by atoms with E-state index in [0.29, 0.717) is 5.92 Å². The molecule has 2 aromatic rings. The van der Waals surface area contributed by atoms with Crippen LogP contribution in [0.15, 0.2) is 28.9 Å². The maximum atomic E-state index is 11.4. The van der Waals surface area contributed by atoms with Crippen molar-refractivity contribution in [1.82, 2.24) is 14.5 Å². The van der Waals surface area contributed by atoms with E-state index in [0.717, 1.165) is 37.8 Å². The summed E-state index contributed by atoms with van der Waals surface area (Å²) in [5.74, 6) is 2.44. The predicted octanol–water partition coefficient (Wildman–Crippen LogP) is 2.48. The van der Waals surface area contributed by atoms with Gasteiger partial charge in [-0.25, -0.2) is 9.78 Å². The van der Waals surface area contributed by atoms with E-state index in [-0.39, 0.29) is 5.76 Å². The van der Waals surface area contributed by atoms with Crippen LogP contribution < -0.4 is 0 Å². The second kappa shape index (κ2) is 7.00. The Labute approximate surface area is 136 Å². The molecule has 0 unspecified atom stereocenters. The lowest BCUT2D eigenvalue weighted by atomic mass is 9.96. The van der Waals surface area contributed by atoms with Crippen LogP contribution in [-0.2, 0) is 17.8 Å². The number of imidazole rings is 1. The van der Waals surface area contributed by atoms with Gasteiger partial charge in [0.1, 0.15) is 11.6 Å². The third-order valence-electron chi connectivity index (χ3n) is 4.51. The van der Waals surface area contributed by atoms with Gasteiger partial charge in [0.2, 0.25) is 5.76 Å². The highest BCUT2D eigenvalue weighted by atomic mass is 16.5. The van der Waals surface area contributed by atoms with Crippen LogP contribution in [-0.4, -0.2) is 40.6 Å². The first-order valence-electron chi connectivity index (χ1n) is 8.03. The Hall–Kier alpha value is -2.08. The van der Waals surface area contributed by atoms with Gasteiger partial charge in [-0.3, -0.25) is 4.90 Å². The molecule has 3 heterocycles. The third-order valence-corrected chi connectivity index (χ3v) is 4.51. The molecule has 3 rings (SSSR count). The van der Waals surface area contributed by atoms with Crippen molar-refractivity contribution in [3.63, 3.8) is 0 Å². The monoisotopic (exact) mass is 317 g/mol. The number of rotatable bonds is 5. The maximum Gasteiger partial charge on any atom is 0.373 e. The molecule has 23 heavy (non-hydrogen) atoms. The van der Waals surface area contributed by atoms with Gasteiger partial charge in [-0.15, -0.1) is 0 Å². The Morgan fingerprint density at radius 1 is 1.39 bits per heavy atom. The average molecular weight is 317 g/mol. The minimum absolute atomic E-state index is 0.271. The van der Waals surface area contributed by atoms with Crippen molar-refractivity contribution in [3.8, 4) is 0 Å². The average Bonchev–Trinajstić information content (AvgIpc) is 3.18. The van der Waals surface area contributed by atoms with Crippen LogP contribution in [0.5, 0.6) is 0 Å². The Balaban J connectivity index is 1.48. The van der Waals surface area contributed by atoms with E-state index in [2.05, 4.69) is 25.4 Å². The lowest BCUT2D eigenvalue weighted by molar-refractivity contribution is 0.0560. The van der Waals surface area contributed by atoms with E-state index in [1.165, 1.54) is 20.0 Å². The van der Waals surface area contributed by atoms with Gasteiger partial charge < -0.3 is 13.7 Å². The molecule has 0 atom stereocenters. The minimum Gasteiger partial charge on any atom is -0.463 e. The Bertz CT molecular complexity index is 654. The van der Waals surface area contributed by atoms with Crippen molar-refractivity contribution in [1.29, 1.82) is 0 Å². The number of likely N-dealkylation sites (tertiary alicyclic amines) is 1. The number of esters is 1. The Kier molecular flexibility index (Phi) is 4.81. The first-order valence-corrected chi connectivity index (χ1v) is 8.03. The normalized spacial score (nSPS) is 16.6. The fraction of sp³-hybridized carbons (Fsp3) is 0.529. The van der Waals surface area contributed by atoms with Gasteiger partial charge in [0.15, 0.2) is 0 Å². The summed E-state index contributed by atoms with van der Waals surface area (Å²) in [5.41, 5.74) is 0. The number of methoxy groups -OCH3 is 1. The lowest BCUT2D eigenvalue weighted by Gasteiger charge is -2.31. The highest BCUT2D eigenvalue weighted by Crippen LogP contribution is 2.22. The van der Waals surface area contributed by atoms with Crippen molar-refractivity contribution < 1.29 is 13.9 Å². The molecular weight excluding hydrogens is 294 g/mol. The highest BCUT2D eigenvalue weighted by Gasteiger charge is 2.21.